The average Bonchev–Trinajstić information content (AvgIpc) is 2.66. The van der Waals surface area contributed by atoms with Gasteiger partial charge in [0.15, 0.2) is 0 Å². The van der Waals surface area contributed by atoms with Crippen molar-refractivity contribution in [2.75, 3.05) is 0 Å². The molecule has 2 aromatic carbocycles. The first-order chi connectivity index (χ1) is 12.9. The molecule has 0 spiro atoms. The molecule has 0 fully saturated rings. The van der Waals surface area contributed by atoms with E-state index in [-0.39, 0.29) is 0 Å². The maximum Gasteiger partial charge on any atom is 0.129 e. The second-order valence-corrected chi connectivity index (χ2v) is 11.7. The molecule has 0 aromatic heterocycles. The van der Waals surface area contributed by atoms with Gasteiger partial charge in [-0.25, -0.2) is 0 Å². The maximum atomic E-state index is 10.8. The van der Waals surface area contributed by atoms with Gasteiger partial charge in [0.25, 0.3) is 0 Å². The van der Waals surface area contributed by atoms with Gasteiger partial charge < -0.3 is 5.11 Å². The van der Waals surface area contributed by atoms with Gasteiger partial charge in [0, 0.05) is 16.7 Å². The summed E-state index contributed by atoms with van der Waals surface area (Å²) in [6.45, 7) is 10.1. The standard InChI is InChI=1S/C25H22OSi/c1-5-22(19-20-27(2,3)4)25(26)24-18-12-11-17-23(24)16-10-9-15-21-13-7-6-8-14-21/h6-8,11-14,17-18,25-26H,1H2,2-4H3. The van der Waals surface area contributed by atoms with Crippen molar-refractivity contribution in [1.29, 1.82) is 0 Å². The highest BCUT2D eigenvalue weighted by Gasteiger charge is 2.15. The minimum absolute atomic E-state index is 0.474. The lowest BCUT2D eigenvalue weighted by Crippen LogP contribution is -2.16. The van der Waals surface area contributed by atoms with Crippen LogP contribution in [0.2, 0.25) is 19.6 Å². The van der Waals surface area contributed by atoms with Gasteiger partial charge >= 0.3 is 0 Å². The Morgan fingerprint density at radius 2 is 1.56 bits per heavy atom. The summed E-state index contributed by atoms with van der Waals surface area (Å²) in [6, 6.07) is 17.2. The van der Waals surface area contributed by atoms with Gasteiger partial charge in [-0.1, -0.05) is 80.4 Å². The van der Waals surface area contributed by atoms with Crippen LogP contribution in [0.4, 0.5) is 0 Å². The third-order valence-corrected chi connectivity index (χ3v) is 4.41. The molecule has 2 aromatic rings. The minimum Gasteiger partial charge on any atom is -0.382 e. The Morgan fingerprint density at radius 1 is 0.926 bits per heavy atom. The van der Waals surface area contributed by atoms with Crippen LogP contribution in [0.25, 0.3) is 0 Å². The summed E-state index contributed by atoms with van der Waals surface area (Å²) in [5, 5.41) is 10.8. The zero-order valence-electron chi connectivity index (χ0n) is 15.9. The fourth-order valence-corrected chi connectivity index (χ4v) is 2.70. The average molecular weight is 367 g/mol. The maximum absolute atomic E-state index is 10.8. The van der Waals surface area contributed by atoms with E-state index in [1.165, 1.54) is 0 Å². The van der Waals surface area contributed by atoms with Gasteiger partial charge in [-0.2, -0.15) is 0 Å². The third kappa shape index (κ3) is 6.56. The molecule has 1 unspecified atom stereocenters. The van der Waals surface area contributed by atoms with Crippen LogP contribution < -0.4 is 0 Å². The van der Waals surface area contributed by atoms with Crippen molar-refractivity contribution in [2.45, 2.75) is 25.7 Å². The van der Waals surface area contributed by atoms with Crippen LogP contribution >= 0.6 is 0 Å². The molecule has 0 aliphatic heterocycles. The molecule has 2 heteroatoms. The van der Waals surface area contributed by atoms with E-state index < -0.39 is 14.2 Å². The molecule has 0 aliphatic rings. The molecule has 1 nitrogen and oxygen atoms in total. The predicted octanol–water partition coefficient (Wildman–Crippen LogP) is 4.72. The van der Waals surface area contributed by atoms with E-state index in [2.05, 4.69) is 67.1 Å². The summed E-state index contributed by atoms with van der Waals surface area (Å²) in [7, 11) is -1.56. The molecule has 1 N–H and O–H groups in total. The quantitative estimate of drug-likeness (QED) is 0.463. The molecule has 2 rings (SSSR count). The fourth-order valence-electron chi connectivity index (χ4n) is 2.19. The first kappa shape index (κ1) is 20.1. The van der Waals surface area contributed by atoms with E-state index >= 15 is 0 Å². The highest BCUT2D eigenvalue weighted by molar-refractivity contribution is 6.83. The first-order valence-electron chi connectivity index (χ1n) is 8.68. The van der Waals surface area contributed by atoms with E-state index in [0.29, 0.717) is 11.1 Å². The van der Waals surface area contributed by atoms with Gasteiger partial charge in [-0.3, -0.25) is 0 Å². The normalized spacial score (nSPS) is 10.7. The monoisotopic (exact) mass is 366 g/mol. The van der Waals surface area contributed by atoms with E-state index in [1.807, 2.05) is 54.6 Å². The third-order valence-electron chi connectivity index (χ3n) is 3.53. The molecule has 1 atom stereocenters. The number of hydrogen-bond donors (Lipinski definition) is 1. The van der Waals surface area contributed by atoms with Crippen LogP contribution in [-0.4, -0.2) is 13.2 Å². The molecule has 0 saturated carbocycles. The molecule has 0 amide bonds. The van der Waals surface area contributed by atoms with Gasteiger partial charge in [0.2, 0.25) is 0 Å². The second-order valence-electron chi connectivity index (χ2n) is 6.95. The highest BCUT2D eigenvalue weighted by Crippen LogP contribution is 2.23. The number of aliphatic hydroxyl groups is 1. The molecule has 132 valence electrons. The van der Waals surface area contributed by atoms with Crippen LogP contribution in [-0.2, 0) is 0 Å². The fraction of sp³-hybridized carbons (Fsp3) is 0.160. The Bertz CT molecular complexity index is 1030. The zero-order valence-corrected chi connectivity index (χ0v) is 16.9. The van der Waals surface area contributed by atoms with E-state index in [4.69, 9.17) is 0 Å². The Hall–Kier alpha value is -3.18. The first-order valence-corrected chi connectivity index (χ1v) is 12.2. The van der Waals surface area contributed by atoms with E-state index in [9.17, 15) is 5.11 Å². The lowest BCUT2D eigenvalue weighted by molar-refractivity contribution is 0.221. The zero-order chi connectivity index (χ0) is 19.7. The smallest absolute Gasteiger partial charge is 0.129 e. The summed E-state index contributed by atoms with van der Waals surface area (Å²) >= 11 is 0. The number of benzene rings is 2. The van der Waals surface area contributed by atoms with Gasteiger partial charge in [0.1, 0.15) is 14.2 Å². The summed E-state index contributed by atoms with van der Waals surface area (Å²) < 4.78 is 0. The molecule has 0 bridgehead atoms. The Labute approximate surface area is 163 Å². The SMILES string of the molecule is C=C=C(C#C[Si](C)(C)C)C(O)c1ccccc1C#CC#Cc1ccccc1. The summed E-state index contributed by atoms with van der Waals surface area (Å²) in [4.78, 5) is 0. The van der Waals surface area contributed by atoms with Crippen LogP contribution in [0, 0.1) is 35.1 Å². The predicted molar refractivity (Wildman–Crippen MR) is 115 cm³/mol. The second kappa shape index (κ2) is 9.50. The molecule has 0 radical (unpaired) electrons. The summed E-state index contributed by atoms with van der Waals surface area (Å²) in [5.74, 6) is 14.8. The minimum atomic E-state index is -1.56. The van der Waals surface area contributed by atoms with Gasteiger partial charge in [0.05, 0.1) is 5.57 Å². The van der Waals surface area contributed by atoms with Crippen molar-refractivity contribution in [3.05, 3.63) is 89.2 Å². The Morgan fingerprint density at radius 3 is 2.22 bits per heavy atom. The summed E-state index contributed by atoms with van der Waals surface area (Å²) in [5.41, 5.74) is 8.81. The van der Waals surface area contributed by atoms with Crippen LogP contribution in [0.15, 0.2) is 72.5 Å². The van der Waals surface area contributed by atoms with Crippen LogP contribution in [0.3, 0.4) is 0 Å². The molecule has 0 heterocycles. The van der Waals surface area contributed by atoms with Crippen molar-refractivity contribution in [1.82, 2.24) is 0 Å². The lowest BCUT2D eigenvalue weighted by Gasteiger charge is -2.12. The van der Waals surface area contributed by atoms with Crippen molar-refractivity contribution in [3.8, 4) is 35.1 Å². The highest BCUT2D eigenvalue weighted by atomic mass is 28.3. The largest absolute Gasteiger partial charge is 0.382 e. The van der Waals surface area contributed by atoms with E-state index in [1.54, 1.807) is 0 Å². The molecule has 27 heavy (non-hydrogen) atoms. The number of hydrogen-bond acceptors (Lipinski definition) is 1. The van der Waals surface area contributed by atoms with Crippen LogP contribution in [0.5, 0.6) is 0 Å². The molecular formula is C25H22OSi. The lowest BCUT2D eigenvalue weighted by atomic mass is 9.98. The number of rotatable bonds is 2. The van der Waals surface area contributed by atoms with Crippen molar-refractivity contribution in [3.63, 3.8) is 0 Å². The van der Waals surface area contributed by atoms with E-state index in [0.717, 1.165) is 11.1 Å². The van der Waals surface area contributed by atoms with Gasteiger partial charge in [-0.05, 0) is 30.0 Å². The Balaban J connectivity index is 2.30. The van der Waals surface area contributed by atoms with Crippen LogP contribution in [0.1, 0.15) is 22.8 Å². The van der Waals surface area contributed by atoms with Crippen molar-refractivity contribution in [2.24, 2.45) is 0 Å². The topological polar surface area (TPSA) is 20.2 Å². The van der Waals surface area contributed by atoms with Crippen molar-refractivity contribution >= 4 is 8.07 Å². The summed E-state index contributed by atoms with van der Waals surface area (Å²) in [6.07, 6.45) is -0.904. The van der Waals surface area contributed by atoms with Gasteiger partial charge in [-0.15, -0.1) is 11.3 Å². The molecule has 0 aliphatic carbocycles. The number of aliphatic hydroxyl groups excluding tert-OH is 1. The molecular weight excluding hydrogens is 344 g/mol. The van der Waals surface area contributed by atoms with Crippen molar-refractivity contribution < 1.29 is 5.11 Å². The molecule has 0 saturated heterocycles. The Kier molecular flexibility index (Phi) is 7.08.